The van der Waals surface area contributed by atoms with Crippen LogP contribution in [-0.4, -0.2) is 25.3 Å². The summed E-state index contributed by atoms with van der Waals surface area (Å²) in [4.78, 5) is -0.794. The summed E-state index contributed by atoms with van der Waals surface area (Å²) in [6.07, 6.45) is 0.700. The molecule has 0 aliphatic heterocycles. The second-order valence-corrected chi connectivity index (χ2v) is 9.75. The number of halogens is 8. The molecule has 0 aromatic carbocycles. The van der Waals surface area contributed by atoms with Gasteiger partial charge in [-0.25, -0.2) is 0 Å². The maximum atomic E-state index is 6.44. The van der Waals surface area contributed by atoms with Crippen molar-refractivity contribution >= 4 is 92.8 Å². The molecular formula is C10H10Cl8. The van der Waals surface area contributed by atoms with E-state index in [4.69, 9.17) is 92.8 Å². The third kappa shape index (κ3) is 1.80. The number of alkyl halides is 8. The highest BCUT2D eigenvalue weighted by atomic mass is 35.5. The molecule has 3 unspecified atom stereocenters. The summed E-state index contributed by atoms with van der Waals surface area (Å²) < 4.78 is -2.09. The lowest BCUT2D eigenvalue weighted by molar-refractivity contribution is 0.146. The number of rotatable bonds is 3. The van der Waals surface area contributed by atoms with Crippen molar-refractivity contribution in [1.29, 1.82) is 0 Å². The average Bonchev–Trinajstić information content (AvgIpc) is 2.57. The Morgan fingerprint density at radius 3 is 1.89 bits per heavy atom. The lowest BCUT2D eigenvalue weighted by atomic mass is 9.70. The summed E-state index contributed by atoms with van der Waals surface area (Å²) in [6.45, 7) is 0. The summed E-state index contributed by atoms with van der Waals surface area (Å²) in [5, 5.41) is 0. The standard InChI is InChI=1S/C10H10Cl8/c11-3-7-2-9(15,16)5(1-10(7,17)18)8(7,4-12)6(13)14/h5-6H,1-4H2. The van der Waals surface area contributed by atoms with E-state index in [0.29, 0.717) is 12.8 Å². The van der Waals surface area contributed by atoms with Crippen LogP contribution >= 0.6 is 92.8 Å². The minimum Gasteiger partial charge on any atom is -0.126 e. The number of hydrogen-bond acceptors (Lipinski definition) is 0. The normalized spacial score (nSPS) is 44.8. The molecule has 0 N–H and O–H groups in total. The quantitative estimate of drug-likeness (QED) is 0.497. The van der Waals surface area contributed by atoms with E-state index in [1.165, 1.54) is 0 Å². The van der Waals surface area contributed by atoms with E-state index >= 15 is 0 Å². The minimum absolute atomic E-state index is 0.153. The first-order valence-electron chi connectivity index (χ1n) is 5.27. The molecule has 0 nitrogen and oxygen atoms in total. The fourth-order valence-corrected chi connectivity index (χ4v) is 7.83. The predicted molar refractivity (Wildman–Crippen MR) is 83.4 cm³/mol. The van der Waals surface area contributed by atoms with Crippen molar-refractivity contribution in [2.75, 3.05) is 11.8 Å². The Morgan fingerprint density at radius 1 is 1.00 bits per heavy atom. The second-order valence-electron chi connectivity index (χ2n) is 5.09. The van der Waals surface area contributed by atoms with Crippen molar-refractivity contribution in [3.8, 4) is 0 Å². The largest absolute Gasteiger partial charge is 0.126 e. The van der Waals surface area contributed by atoms with E-state index in [1.54, 1.807) is 0 Å². The van der Waals surface area contributed by atoms with Crippen molar-refractivity contribution in [3.05, 3.63) is 0 Å². The fourth-order valence-electron chi connectivity index (χ4n) is 3.56. The molecule has 0 aromatic heterocycles. The first-order valence-corrected chi connectivity index (χ1v) is 8.72. The number of fused-ring (bicyclic) bond motifs is 2. The monoisotopic (exact) mass is 410 g/mol. The molecule has 2 saturated carbocycles. The molecule has 2 aliphatic carbocycles. The predicted octanol–water partition coefficient (Wildman–Crippen LogP) is 6.01. The van der Waals surface area contributed by atoms with Gasteiger partial charge in [0.15, 0.2) is 0 Å². The molecule has 2 rings (SSSR count). The van der Waals surface area contributed by atoms with Gasteiger partial charge in [0, 0.05) is 28.5 Å². The van der Waals surface area contributed by atoms with Crippen LogP contribution in [-0.2, 0) is 0 Å². The van der Waals surface area contributed by atoms with E-state index < -0.39 is 24.3 Å². The van der Waals surface area contributed by atoms with Crippen LogP contribution in [0.2, 0.25) is 0 Å². The SMILES string of the molecule is ClCC1(C(Cl)Cl)C2CC(Cl)(Cl)C1(CCl)CC2(Cl)Cl. The molecule has 0 spiro atoms. The summed E-state index contributed by atoms with van der Waals surface area (Å²) in [5.41, 5.74) is -1.58. The molecule has 2 bridgehead atoms. The lowest BCUT2D eigenvalue weighted by Crippen LogP contribution is -2.50. The van der Waals surface area contributed by atoms with Crippen molar-refractivity contribution in [2.24, 2.45) is 16.7 Å². The molecule has 3 atom stereocenters. The lowest BCUT2D eigenvalue weighted by Gasteiger charge is -2.46. The summed E-state index contributed by atoms with van der Waals surface area (Å²) in [5.74, 6) is 0.0182. The van der Waals surface area contributed by atoms with Crippen LogP contribution in [0.3, 0.4) is 0 Å². The maximum absolute atomic E-state index is 6.44. The van der Waals surface area contributed by atoms with Gasteiger partial charge in [-0.3, -0.25) is 0 Å². The number of hydrogen-bond donors (Lipinski definition) is 0. The van der Waals surface area contributed by atoms with Crippen molar-refractivity contribution in [2.45, 2.75) is 26.3 Å². The van der Waals surface area contributed by atoms with Gasteiger partial charge >= 0.3 is 0 Å². The Labute approximate surface area is 146 Å². The Morgan fingerprint density at radius 2 is 1.56 bits per heavy atom. The van der Waals surface area contributed by atoms with Gasteiger partial charge in [-0.05, 0) is 12.8 Å². The average molecular weight is 414 g/mol. The molecule has 18 heavy (non-hydrogen) atoms. The molecule has 8 heteroatoms. The van der Waals surface area contributed by atoms with Crippen LogP contribution in [0.4, 0.5) is 0 Å². The molecule has 0 saturated heterocycles. The van der Waals surface area contributed by atoms with E-state index in [0.717, 1.165) is 0 Å². The minimum atomic E-state index is -1.08. The Balaban J connectivity index is 2.66. The van der Waals surface area contributed by atoms with E-state index in [-0.39, 0.29) is 17.7 Å². The molecule has 0 radical (unpaired) electrons. The van der Waals surface area contributed by atoms with Crippen LogP contribution in [0.25, 0.3) is 0 Å². The van der Waals surface area contributed by atoms with Crippen molar-refractivity contribution in [3.63, 3.8) is 0 Å². The Bertz CT molecular complexity index is 350. The Kier molecular flexibility index (Phi) is 4.56. The first-order chi connectivity index (χ1) is 8.11. The van der Waals surface area contributed by atoms with Gasteiger partial charge in [-0.1, -0.05) is 0 Å². The van der Waals surface area contributed by atoms with Gasteiger partial charge in [0.25, 0.3) is 0 Å². The van der Waals surface area contributed by atoms with Crippen LogP contribution in [0.1, 0.15) is 12.8 Å². The van der Waals surface area contributed by atoms with Gasteiger partial charge in [0.2, 0.25) is 0 Å². The summed E-state index contributed by atoms with van der Waals surface area (Å²) in [7, 11) is 0. The zero-order chi connectivity index (χ0) is 14.0. The van der Waals surface area contributed by atoms with Crippen molar-refractivity contribution < 1.29 is 0 Å². The second kappa shape index (κ2) is 4.92. The topological polar surface area (TPSA) is 0 Å². The Hall–Kier alpha value is 2.32. The molecule has 0 amide bonds. The first kappa shape index (κ1) is 16.7. The van der Waals surface area contributed by atoms with Gasteiger partial charge in [-0.2, -0.15) is 0 Å². The molecule has 106 valence electrons. The highest BCUT2D eigenvalue weighted by Gasteiger charge is 2.81. The molecule has 0 aromatic rings. The summed E-state index contributed by atoms with van der Waals surface area (Å²) >= 11 is 50.3. The highest BCUT2D eigenvalue weighted by molar-refractivity contribution is 6.53. The van der Waals surface area contributed by atoms with Crippen LogP contribution < -0.4 is 0 Å². The fraction of sp³-hybridized carbons (Fsp3) is 1.00. The van der Waals surface area contributed by atoms with E-state index in [1.807, 2.05) is 0 Å². The molecule has 2 aliphatic rings. The zero-order valence-corrected chi connectivity index (χ0v) is 15.1. The maximum Gasteiger partial charge on any atom is 0.126 e. The molecule has 2 fully saturated rings. The van der Waals surface area contributed by atoms with Crippen LogP contribution in [0.5, 0.6) is 0 Å². The molecule has 0 heterocycles. The highest BCUT2D eigenvalue weighted by Crippen LogP contribution is 2.80. The smallest absolute Gasteiger partial charge is 0.126 e. The van der Waals surface area contributed by atoms with Gasteiger partial charge in [0.05, 0.1) is 0 Å². The van der Waals surface area contributed by atoms with E-state index in [9.17, 15) is 0 Å². The van der Waals surface area contributed by atoms with Gasteiger partial charge in [-0.15, -0.1) is 92.8 Å². The van der Waals surface area contributed by atoms with Gasteiger partial charge in [0.1, 0.15) is 13.5 Å². The zero-order valence-electron chi connectivity index (χ0n) is 9.01. The van der Waals surface area contributed by atoms with Crippen molar-refractivity contribution in [1.82, 2.24) is 0 Å². The third-order valence-electron chi connectivity index (χ3n) is 4.56. The third-order valence-corrected chi connectivity index (χ3v) is 8.06. The van der Waals surface area contributed by atoms with Crippen LogP contribution in [0, 0.1) is 16.7 Å². The van der Waals surface area contributed by atoms with Gasteiger partial charge < -0.3 is 0 Å². The summed E-state index contributed by atoms with van der Waals surface area (Å²) in [6, 6.07) is 0. The van der Waals surface area contributed by atoms with Crippen LogP contribution in [0.15, 0.2) is 0 Å². The van der Waals surface area contributed by atoms with E-state index in [2.05, 4.69) is 0 Å². The molecular weight excluding hydrogens is 404 g/mol.